The Balaban J connectivity index is 2.07. The molecule has 0 aliphatic rings. The van der Waals surface area contributed by atoms with Crippen molar-refractivity contribution in [3.63, 3.8) is 0 Å². The average Bonchev–Trinajstić information content (AvgIpc) is 2.86. The standard InChI is InChI=1S/C29H34ClN3O4S/c1-5-31-29(35)27(18-23-11-7-6-8-12-23)32(19-24-13-9-10-14-25(24)30)28(34)20-33(38(4,36)37)26-16-15-21(2)17-22(26)3/h6-17,27H,5,18-20H2,1-4H3,(H,31,35)/t27-/m1/s1. The number of rotatable bonds is 11. The third-order valence-corrected chi connectivity index (χ3v) is 7.72. The van der Waals surface area contributed by atoms with Gasteiger partial charge in [0.25, 0.3) is 0 Å². The fourth-order valence-corrected chi connectivity index (χ4v) is 5.44. The van der Waals surface area contributed by atoms with E-state index in [0.29, 0.717) is 22.8 Å². The van der Waals surface area contributed by atoms with Crippen molar-refractivity contribution in [3.05, 3.63) is 100 Å². The van der Waals surface area contributed by atoms with Gasteiger partial charge in [-0.05, 0) is 49.6 Å². The van der Waals surface area contributed by atoms with Gasteiger partial charge in [0.1, 0.15) is 12.6 Å². The molecule has 0 bridgehead atoms. The molecule has 1 atom stereocenters. The van der Waals surface area contributed by atoms with Crippen molar-refractivity contribution in [3.8, 4) is 0 Å². The molecule has 3 aromatic rings. The first-order chi connectivity index (χ1) is 18.0. The summed E-state index contributed by atoms with van der Waals surface area (Å²) in [5.74, 6) is -0.836. The quantitative estimate of drug-likeness (QED) is 0.377. The first-order valence-electron chi connectivity index (χ1n) is 12.4. The van der Waals surface area contributed by atoms with Crippen LogP contribution in [0.15, 0.2) is 72.8 Å². The van der Waals surface area contributed by atoms with Crippen LogP contribution in [-0.2, 0) is 32.6 Å². The molecule has 0 saturated heterocycles. The number of anilines is 1. The molecule has 3 aromatic carbocycles. The normalized spacial score (nSPS) is 12.0. The van der Waals surface area contributed by atoms with Gasteiger partial charge in [-0.1, -0.05) is 77.8 Å². The highest BCUT2D eigenvalue weighted by atomic mass is 35.5. The molecule has 0 aromatic heterocycles. The van der Waals surface area contributed by atoms with E-state index in [4.69, 9.17) is 11.6 Å². The summed E-state index contributed by atoms with van der Waals surface area (Å²) >= 11 is 6.44. The molecule has 0 radical (unpaired) electrons. The Morgan fingerprint density at radius 1 is 0.974 bits per heavy atom. The molecule has 0 aliphatic heterocycles. The number of carbonyl (C=O) groups is 2. The fourth-order valence-electron chi connectivity index (χ4n) is 4.34. The zero-order chi connectivity index (χ0) is 27.9. The van der Waals surface area contributed by atoms with E-state index >= 15 is 0 Å². The predicted molar refractivity (Wildman–Crippen MR) is 153 cm³/mol. The lowest BCUT2D eigenvalue weighted by atomic mass is 10.0. The van der Waals surface area contributed by atoms with Gasteiger partial charge in [0.15, 0.2) is 0 Å². The first kappa shape index (κ1) is 29.2. The number of halogens is 1. The van der Waals surface area contributed by atoms with E-state index in [1.807, 2.05) is 50.2 Å². The number of nitrogens with one attached hydrogen (secondary N) is 1. The minimum atomic E-state index is -3.82. The molecule has 0 unspecified atom stereocenters. The number of amides is 2. The molecule has 0 saturated carbocycles. The molecular formula is C29H34ClN3O4S. The van der Waals surface area contributed by atoms with Gasteiger partial charge in [0, 0.05) is 24.5 Å². The lowest BCUT2D eigenvalue weighted by Crippen LogP contribution is -2.53. The summed E-state index contributed by atoms with van der Waals surface area (Å²) in [6.45, 7) is 5.49. The average molecular weight is 556 g/mol. The second-order valence-corrected chi connectivity index (χ2v) is 11.6. The van der Waals surface area contributed by atoms with E-state index in [2.05, 4.69) is 5.32 Å². The molecule has 2 amide bonds. The van der Waals surface area contributed by atoms with Crippen molar-refractivity contribution in [1.29, 1.82) is 0 Å². The summed E-state index contributed by atoms with van der Waals surface area (Å²) < 4.78 is 26.9. The lowest BCUT2D eigenvalue weighted by molar-refractivity contribution is -0.140. The fraction of sp³-hybridized carbons (Fsp3) is 0.310. The van der Waals surface area contributed by atoms with E-state index in [1.165, 1.54) is 4.90 Å². The maximum atomic E-state index is 14.0. The minimum Gasteiger partial charge on any atom is -0.355 e. The molecule has 3 rings (SSSR count). The van der Waals surface area contributed by atoms with Crippen molar-refractivity contribution in [2.45, 2.75) is 39.8 Å². The van der Waals surface area contributed by atoms with Gasteiger partial charge in [-0.25, -0.2) is 8.42 Å². The molecule has 9 heteroatoms. The van der Waals surface area contributed by atoms with Gasteiger partial charge in [-0.15, -0.1) is 0 Å². The van der Waals surface area contributed by atoms with Crippen LogP contribution in [0.5, 0.6) is 0 Å². The van der Waals surface area contributed by atoms with Crippen molar-refractivity contribution in [2.75, 3.05) is 23.7 Å². The monoisotopic (exact) mass is 555 g/mol. The molecular weight excluding hydrogens is 522 g/mol. The van der Waals surface area contributed by atoms with E-state index in [9.17, 15) is 18.0 Å². The van der Waals surface area contributed by atoms with Gasteiger partial charge in [0.2, 0.25) is 21.8 Å². The maximum Gasteiger partial charge on any atom is 0.244 e. The Morgan fingerprint density at radius 2 is 1.63 bits per heavy atom. The zero-order valence-corrected chi connectivity index (χ0v) is 23.7. The van der Waals surface area contributed by atoms with Gasteiger partial charge in [0.05, 0.1) is 11.9 Å². The molecule has 0 spiro atoms. The van der Waals surface area contributed by atoms with Crippen LogP contribution in [0.3, 0.4) is 0 Å². The zero-order valence-electron chi connectivity index (χ0n) is 22.1. The number of carbonyl (C=O) groups excluding carboxylic acids is 2. The number of likely N-dealkylation sites (N-methyl/N-ethyl adjacent to an activating group) is 1. The predicted octanol–water partition coefficient (Wildman–Crippen LogP) is 4.50. The third kappa shape index (κ3) is 7.58. The summed E-state index contributed by atoms with van der Waals surface area (Å²) in [6.07, 6.45) is 1.33. The molecule has 0 aliphatic carbocycles. The summed E-state index contributed by atoms with van der Waals surface area (Å²) in [7, 11) is -3.82. The smallest absolute Gasteiger partial charge is 0.244 e. The Kier molecular flexibility index (Phi) is 9.94. The van der Waals surface area contributed by atoms with Gasteiger partial charge < -0.3 is 10.2 Å². The van der Waals surface area contributed by atoms with Crippen LogP contribution in [0.1, 0.15) is 29.2 Å². The highest BCUT2D eigenvalue weighted by Gasteiger charge is 2.33. The van der Waals surface area contributed by atoms with Crippen LogP contribution in [0, 0.1) is 13.8 Å². The van der Waals surface area contributed by atoms with Crippen LogP contribution in [0.2, 0.25) is 5.02 Å². The van der Waals surface area contributed by atoms with Crippen LogP contribution < -0.4 is 9.62 Å². The van der Waals surface area contributed by atoms with Crippen molar-refractivity contribution >= 4 is 39.1 Å². The Bertz CT molecular complexity index is 1380. The molecule has 1 N–H and O–H groups in total. The number of hydrogen-bond acceptors (Lipinski definition) is 4. The Hall–Kier alpha value is -3.36. The number of sulfonamides is 1. The number of hydrogen-bond donors (Lipinski definition) is 1. The summed E-state index contributed by atoms with van der Waals surface area (Å²) in [5, 5.41) is 3.29. The van der Waals surface area contributed by atoms with Crippen LogP contribution in [0.4, 0.5) is 5.69 Å². The van der Waals surface area contributed by atoms with Crippen molar-refractivity contribution in [1.82, 2.24) is 10.2 Å². The molecule has 0 fully saturated rings. The highest BCUT2D eigenvalue weighted by Crippen LogP contribution is 2.25. The van der Waals surface area contributed by atoms with E-state index < -0.39 is 28.5 Å². The summed E-state index contributed by atoms with van der Waals surface area (Å²) in [5.41, 5.74) is 3.65. The molecule has 202 valence electrons. The topological polar surface area (TPSA) is 86.8 Å². The van der Waals surface area contributed by atoms with Crippen LogP contribution in [0.25, 0.3) is 0 Å². The molecule has 0 heterocycles. The highest BCUT2D eigenvalue weighted by molar-refractivity contribution is 7.92. The number of aryl methyl sites for hydroxylation is 2. The third-order valence-electron chi connectivity index (χ3n) is 6.22. The van der Waals surface area contributed by atoms with Crippen LogP contribution >= 0.6 is 11.6 Å². The SMILES string of the molecule is CCNC(=O)[C@@H](Cc1ccccc1)N(Cc1ccccc1Cl)C(=O)CN(c1ccc(C)cc1C)S(C)(=O)=O. The van der Waals surface area contributed by atoms with E-state index in [1.54, 1.807) is 43.3 Å². The van der Waals surface area contributed by atoms with E-state index in [0.717, 1.165) is 27.3 Å². The minimum absolute atomic E-state index is 0.0393. The molecule has 38 heavy (non-hydrogen) atoms. The Labute approximate surface area is 230 Å². The van der Waals surface area contributed by atoms with Crippen molar-refractivity contribution in [2.24, 2.45) is 0 Å². The van der Waals surface area contributed by atoms with E-state index in [-0.39, 0.29) is 18.9 Å². The van der Waals surface area contributed by atoms with Crippen LogP contribution in [-0.4, -0.2) is 50.5 Å². The largest absolute Gasteiger partial charge is 0.355 e. The van der Waals surface area contributed by atoms with Gasteiger partial charge in [-0.3, -0.25) is 13.9 Å². The molecule has 7 nitrogen and oxygen atoms in total. The lowest BCUT2D eigenvalue weighted by Gasteiger charge is -2.34. The maximum absolute atomic E-state index is 14.0. The number of nitrogens with zero attached hydrogens (tertiary/aromatic N) is 2. The van der Waals surface area contributed by atoms with Gasteiger partial charge >= 0.3 is 0 Å². The van der Waals surface area contributed by atoms with Crippen molar-refractivity contribution < 1.29 is 18.0 Å². The second kappa shape index (κ2) is 12.9. The second-order valence-electron chi connectivity index (χ2n) is 9.27. The summed E-state index contributed by atoms with van der Waals surface area (Å²) in [6, 6.07) is 21.0. The van der Waals surface area contributed by atoms with Gasteiger partial charge in [-0.2, -0.15) is 0 Å². The number of benzene rings is 3. The first-order valence-corrected chi connectivity index (χ1v) is 14.6. The summed E-state index contributed by atoms with van der Waals surface area (Å²) in [4.78, 5) is 28.8. The Morgan fingerprint density at radius 3 is 2.24 bits per heavy atom.